The van der Waals surface area contributed by atoms with Gasteiger partial charge in [-0.15, -0.1) is 0 Å². The van der Waals surface area contributed by atoms with Crippen LogP contribution in [0.25, 0.3) is 0 Å². The highest BCUT2D eigenvalue weighted by Gasteiger charge is 2.47. The number of ketones is 6. The van der Waals surface area contributed by atoms with E-state index in [1.807, 2.05) is 0 Å². The Bertz CT molecular complexity index is 9790. The second-order valence-electron chi connectivity index (χ2n) is 32.7. The average Bonchev–Trinajstić information content (AvgIpc) is 0.633. The topological polar surface area (TPSA) is 233 Å². The highest BCUT2D eigenvalue weighted by molar-refractivity contribution is 5.86. The fourth-order valence-electron chi connectivity index (χ4n) is 15.3. The Morgan fingerprint density at radius 3 is 0.872 bits per heavy atom. The zero-order valence-corrected chi connectivity index (χ0v) is 78.8. The van der Waals surface area contributed by atoms with Crippen LogP contribution in [0.3, 0.4) is 0 Å². The first-order valence-corrected chi connectivity index (χ1v) is 43.1. The number of carbonyl (C=O) groups excluding carboxylic acids is 6. The summed E-state index contributed by atoms with van der Waals surface area (Å²) in [6.07, 6.45) is -58.7. The third kappa shape index (κ3) is 25.6. The molecular weight excluding hydrogens is 1780 g/mol. The van der Waals surface area contributed by atoms with Crippen LogP contribution >= 0.6 is 0 Å². The van der Waals surface area contributed by atoms with E-state index in [9.17, 15) is 32.9 Å². The van der Waals surface area contributed by atoms with Gasteiger partial charge < -0.3 is 56.8 Å². The van der Waals surface area contributed by atoms with Gasteiger partial charge in [-0.1, -0.05) is 102 Å². The number of rotatable bonds is 27. The highest BCUT2D eigenvalue weighted by atomic mass is 16.5. The predicted octanol–water partition coefficient (Wildman–Crippen LogP) is 20.6. The first-order chi connectivity index (χ1) is 103. The van der Waals surface area contributed by atoms with Gasteiger partial charge in [0.2, 0.25) is 0 Å². The lowest BCUT2D eigenvalue weighted by Gasteiger charge is -2.43. The van der Waals surface area contributed by atoms with Crippen LogP contribution < -0.4 is 56.8 Å². The van der Waals surface area contributed by atoms with Crippen LogP contribution in [-0.2, 0) is 67.0 Å². The Kier molecular flexibility index (Phi) is 14.4. The maximum absolute atomic E-state index is 14.1. The van der Waals surface area contributed by atoms with Crippen molar-refractivity contribution in [1.82, 2.24) is 29.4 Å². The standard InChI is InChI=1S/3C20H29NO3.3C19H27NO3/c3*1-5-13(2)8-15-12-21-7-6-14-9-19(23-3)20(24-4)10-16(14)17(21)11-18(15)22;3*1-12(2)7-14-11-20-6-5-13-8-18(22-3)19(23-4)9-15(13)16(20)10-17(14)21/h3*9-10,13,15,17H,5-8,11-12H2,1-4H3;3*8-9,12,14,16H,5-7,10-11H2,1-4H3/i2D3,3D3,5D2,6D2,7D2,8D2,11D2,12D2,13D,15D,17D;2D3,3D3,5D2,6D2,7D2,8D2,11D2,13D,15D,17D;2D3,3D3,5D2,6D2,7D2,8D2,12D2,13D,17D;3D3,5D2,6D2,10D2,11D2,14D,16D;3D3,5D2,6D2,10D2,14D,16D;3D3,5D2,6D2,11D2,16D. The molecule has 141 heavy (non-hydrogen) atoms. The van der Waals surface area contributed by atoms with Crippen LogP contribution in [0.15, 0.2) is 72.8 Å². The second kappa shape index (κ2) is 50.0. The fourth-order valence-corrected chi connectivity index (χ4v) is 15.3. The van der Waals surface area contributed by atoms with Crippen LogP contribution in [0, 0.1) is 70.8 Å². The minimum atomic E-state index is -4.57. The SMILES string of the molecule is [2H]C([2H])([2H])Oc1cc2c(cc1OC)C1([2H])CC(=O)C(C([2H])([2H])C([2H])(C([2H])([2H])[2H])C([2H])([2H])C)C([2H])([2H])N1C([2H])([2H])C2([2H])[2H].[2H]C([2H])([2H])Oc1cc2c(cc1OC)C1([2H])CC(=O)C(CC(C)C)C([2H])([2H])N1C([2H])([2H])C2([2H])[2H].[2H]C([2H])([2H])Oc1cc2c(cc1OC)C1([2H])N(C([2H])([2H])C([2H])(CC(C)C)C(=O)C1([2H])[2H])C([2H])([2H])C2([2H])[2H].[2H]C([2H])([2H])Oc1cc2c(cc1OC)C1([2H])N(C([2H])([2H])C2([2H])[2H])C([2H])([2H])C([2H])(C([2H])([2H])C([2H])(C([2H])([2H])[2H])C([2H])([2H])C)C(=O)C1([2H])[2H].[2H]C([2H])([2H])Oc1cc2c(cc1OC)C1([2H])N(CC([2H])(C([2H])([2H])C([2H])(C([2H])([2H])[2H])C([2H])([2H])C)C(=O)C1([2H])[2H])C([2H])([2H])C2([2H])[2H].[2H]C([2H])([2H])Oc1cc2c(cc1OC)C1([2H])N(CC([2H])(CC(C)C)C(=O)C1([2H])[2H])C([2H])([2H])C2([2H])[2H]. The van der Waals surface area contributed by atoms with Gasteiger partial charge in [-0.3, -0.25) is 58.2 Å². The molecule has 6 saturated heterocycles. The van der Waals surface area contributed by atoms with Gasteiger partial charge in [0.05, 0.1) is 118 Å². The van der Waals surface area contributed by atoms with E-state index in [-0.39, 0.29) is 67.9 Å². The average molecular weight is 2040 g/mol. The van der Waals surface area contributed by atoms with Crippen molar-refractivity contribution in [2.45, 2.75) is 253 Å². The Morgan fingerprint density at radius 2 is 0.553 bits per heavy atom. The van der Waals surface area contributed by atoms with Crippen LogP contribution in [0.1, 0.15) is 408 Å². The molecule has 0 bridgehead atoms. The number of carbonyl (C=O) groups is 6. The molecule has 0 spiro atoms. The van der Waals surface area contributed by atoms with Crippen molar-refractivity contribution in [3.05, 3.63) is 140 Å². The molecule has 15 atom stereocenters. The molecule has 18 rings (SSSR count). The van der Waals surface area contributed by atoms with E-state index in [2.05, 4.69) is 0 Å². The largest absolute Gasteiger partial charge is 0.493 e. The molecule has 12 heterocycles. The third-order valence-electron chi connectivity index (χ3n) is 22.1. The van der Waals surface area contributed by atoms with Crippen molar-refractivity contribution >= 4 is 34.7 Å². The maximum Gasteiger partial charge on any atom is 0.161 e. The predicted molar refractivity (Wildman–Crippen MR) is 555 cm³/mol. The minimum Gasteiger partial charge on any atom is -0.493 e. The van der Waals surface area contributed by atoms with Crippen molar-refractivity contribution < 1.29 is 212 Å². The number of methoxy groups -OCH3 is 12. The minimum absolute atomic E-state index is 0.00412. The van der Waals surface area contributed by atoms with Crippen molar-refractivity contribution in [3.8, 4) is 69.0 Å². The summed E-state index contributed by atoms with van der Waals surface area (Å²) in [5.74, 6) is -45.4. The molecule has 6 aromatic rings. The molecule has 0 aliphatic carbocycles. The van der Waals surface area contributed by atoms with Crippen molar-refractivity contribution in [1.29, 1.82) is 0 Å². The molecule has 774 valence electrons. The molecule has 12 aliphatic rings. The lowest BCUT2D eigenvalue weighted by atomic mass is 9.79. The van der Waals surface area contributed by atoms with Gasteiger partial charge in [0, 0.05) is 281 Å². The molecule has 15 unspecified atom stereocenters. The summed E-state index contributed by atoms with van der Waals surface area (Å²) in [6, 6.07) is -8.42. The van der Waals surface area contributed by atoms with Gasteiger partial charge in [0.1, 0.15) is 34.7 Å². The van der Waals surface area contributed by atoms with Crippen LogP contribution in [0.4, 0.5) is 0 Å². The van der Waals surface area contributed by atoms with E-state index < -0.39 is 504 Å². The van der Waals surface area contributed by atoms with E-state index in [0.717, 1.165) is 90.1 Å². The van der Waals surface area contributed by atoms with Gasteiger partial charge >= 0.3 is 0 Å². The molecule has 6 fully saturated rings. The summed E-state index contributed by atoms with van der Waals surface area (Å²) in [6.45, 7) is -37.5. The maximum atomic E-state index is 14.1. The first-order valence-electron chi connectivity index (χ1n) is 89.1. The second-order valence-corrected chi connectivity index (χ2v) is 32.7. The van der Waals surface area contributed by atoms with E-state index in [0.29, 0.717) is 48.8 Å². The molecule has 12 aliphatic heterocycles. The van der Waals surface area contributed by atoms with Crippen molar-refractivity contribution in [2.24, 2.45) is 70.8 Å². The smallest absolute Gasteiger partial charge is 0.161 e. The molecule has 6 aromatic carbocycles. The molecule has 0 amide bonds. The summed E-state index contributed by atoms with van der Waals surface area (Å²) in [4.78, 5) is 82.0. The van der Waals surface area contributed by atoms with E-state index in [4.69, 9.17) is 179 Å². The lowest BCUT2D eigenvalue weighted by Crippen LogP contribution is -2.46. The monoisotopic (exact) mass is 2040 g/mol. The molecule has 0 aromatic heterocycles. The van der Waals surface area contributed by atoms with Crippen molar-refractivity contribution in [3.63, 3.8) is 0 Å². The number of Topliss-reactive ketones (excluding diaryl/α,β-unsaturated/α-hetero) is 6. The lowest BCUT2D eigenvalue weighted by molar-refractivity contribution is -0.130. The Morgan fingerprint density at radius 1 is 0.305 bits per heavy atom. The van der Waals surface area contributed by atoms with E-state index in [1.54, 1.807) is 41.5 Å². The van der Waals surface area contributed by atoms with Crippen molar-refractivity contribution in [2.75, 3.05) is 163 Å². The molecule has 0 N–H and O–H groups in total. The molecule has 0 saturated carbocycles. The third-order valence-corrected chi connectivity index (χ3v) is 22.1. The van der Waals surface area contributed by atoms with Crippen LogP contribution in [0.5, 0.6) is 69.0 Å². The van der Waals surface area contributed by atoms with E-state index in [1.165, 1.54) is 7.11 Å². The fraction of sp³-hybridized carbons (Fsp3) is 0.641. The number of hydrogen-bond donors (Lipinski definition) is 0. The van der Waals surface area contributed by atoms with Crippen LogP contribution in [-0.4, -0.2) is 227 Å². The summed E-state index contributed by atoms with van der Waals surface area (Å²) < 4.78 is 825. The Labute approximate surface area is 971 Å². The zero-order valence-electron chi connectivity index (χ0n) is 171. The number of aryl methyl sites for hydroxylation is 6. The Hall–Kier alpha value is -9.30. The highest BCUT2D eigenvalue weighted by Crippen LogP contribution is 2.51. The number of fused-ring (bicyclic) bond motifs is 18. The summed E-state index contributed by atoms with van der Waals surface area (Å²) in [5.41, 5.74) is -7.78. The number of piperidine rings is 6. The quantitative estimate of drug-likeness (QED) is 0.0466. The normalized spacial score (nSPS) is 48.7. The van der Waals surface area contributed by atoms with Gasteiger partial charge in [-0.2, -0.15) is 0 Å². The Balaban J connectivity index is 0.000000222. The van der Waals surface area contributed by atoms with Crippen LogP contribution in [0.2, 0.25) is 0 Å². The number of benzene rings is 6. The van der Waals surface area contributed by atoms with Gasteiger partial charge in [0.25, 0.3) is 0 Å². The molecular formula is C117H168N6O18. The zero-order chi connectivity index (χ0) is 183. The van der Waals surface area contributed by atoms with Gasteiger partial charge in [0.15, 0.2) is 69.0 Å². The number of ether oxygens (including phenoxy) is 12. The van der Waals surface area contributed by atoms with Gasteiger partial charge in [-0.05, 0) is 252 Å². The summed E-state index contributed by atoms with van der Waals surface area (Å²) in [5, 5.41) is 0. The molecule has 24 heteroatoms. The number of nitrogens with zero attached hydrogens (tertiary/aromatic N) is 6. The molecule has 0 radical (unpaired) electrons. The summed E-state index contributed by atoms with van der Waals surface area (Å²) in [7, 11) is -11.8. The first kappa shape index (κ1) is 40.5. The van der Waals surface area contributed by atoms with E-state index >= 15 is 0 Å². The van der Waals surface area contributed by atoms with Gasteiger partial charge in [-0.25, -0.2) is 0 Å². The molecule has 24 nitrogen and oxygen atoms in total. The summed E-state index contributed by atoms with van der Waals surface area (Å²) >= 11 is 0. The number of hydrogen-bond acceptors (Lipinski definition) is 24.